The van der Waals surface area contributed by atoms with Gasteiger partial charge in [0, 0.05) is 22.9 Å². The molecule has 1 aliphatic heterocycles. The third-order valence-electron chi connectivity index (χ3n) is 3.61. The van der Waals surface area contributed by atoms with Crippen LogP contribution in [0.1, 0.15) is 18.1 Å². The molecule has 8 heteroatoms. The molecular weight excluding hydrogens is 316 g/mol. The summed E-state index contributed by atoms with van der Waals surface area (Å²) in [6, 6.07) is 4.46. The van der Waals surface area contributed by atoms with Crippen molar-refractivity contribution in [1.29, 1.82) is 0 Å². The van der Waals surface area contributed by atoms with Crippen molar-refractivity contribution in [2.75, 3.05) is 13.1 Å². The highest BCUT2D eigenvalue weighted by atomic mass is 19.4. The number of hydrogen-bond donors (Lipinski definition) is 0. The van der Waals surface area contributed by atoms with Gasteiger partial charge in [0.1, 0.15) is 18.9 Å². The summed E-state index contributed by atoms with van der Waals surface area (Å²) in [6.07, 6.45) is -3.38. The van der Waals surface area contributed by atoms with Gasteiger partial charge in [-0.2, -0.15) is 13.2 Å². The largest absolute Gasteiger partial charge is 0.405 e. The maximum atomic E-state index is 14.3. The summed E-state index contributed by atoms with van der Waals surface area (Å²) in [6.45, 7) is 1.11. The Morgan fingerprint density at radius 1 is 1.30 bits per heavy atom. The van der Waals surface area contributed by atoms with Crippen LogP contribution < -0.4 is 0 Å². The van der Waals surface area contributed by atoms with Gasteiger partial charge in [-0.3, -0.25) is 10.1 Å². The van der Waals surface area contributed by atoms with Crippen molar-refractivity contribution in [2.24, 2.45) is 0 Å². The summed E-state index contributed by atoms with van der Waals surface area (Å²) >= 11 is 0. The molecule has 0 saturated heterocycles. The van der Waals surface area contributed by atoms with Crippen LogP contribution in [0, 0.1) is 22.9 Å². The molecule has 2 rings (SSSR count). The fourth-order valence-electron chi connectivity index (χ4n) is 2.43. The van der Waals surface area contributed by atoms with Gasteiger partial charge >= 0.3 is 6.18 Å². The van der Waals surface area contributed by atoms with E-state index >= 15 is 0 Å². The zero-order valence-electron chi connectivity index (χ0n) is 12.4. The second-order valence-corrected chi connectivity index (χ2v) is 5.30. The van der Waals surface area contributed by atoms with Crippen LogP contribution in [-0.4, -0.2) is 29.1 Å². The lowest BCUT2D eigenvalue weighted by atomic mass is 9.97. The zero-order chi connectivity index (χ0) is 17.4. The van der Waals surface area contributed by atoms with Crippen LogP contribution in [0.15, 0.2) is 35.7 Å². The van der Waals surface area contributed by atoms with Crippen molar-refractivity contribution in [2.45, 2.75) is 20.0 Å². The molecule has 0 amide bonds. The molecule has 0 spiro atoms. The van der Waals surface area contributed by atoms with Crippen molar-refractivity contribution in [3.8, 4) is 0 Å². The first-order valence-corrected chi connectivity index (χ1v) is 6.73. The molecule has 0 unspecified atom stereocenters. The minimum absolute atomic E-state index is 0.0497. The van der Waals surface area contributed by atoms with E-state index in [0.717, 1.165) is 11.0 Å². The fourth-order valence-corrected chi connectivity index (χ4v) is 2.43. The second kappa shape index (κ2) is 6.02. The third kappa shape index (κ3) is 3.69. The number of nitrogens with zero attached hydrogens (tertiary/aromatic N) is 2. The number of rotatable bonds is 3. The molecule has 0 saturated carbocycles. The first kappa shape index (κ1) is 17.0. The van der Waals surface area contributed by atoms with Gasteiger partial charge in [-0.1, -0.05) is 18.2 Å². The summed E-state index contributed by atoms with van der Waals surface area (Å²) in [4.78, 5) is 11.1. The average molecular weight is 330 g/mol. The molecule has 0 radical (unpaired) electrons. The van der Waals surface area contributed by atoms with Gasteiger partial charge in [0.15, 0.2) is 0 Å². The van der Waals surface area contributed by atoms with Crippen molar-refractivity contribution in [3.63, 3.8) is 0 Å². The number of hydrogen-bond acceptors (Lipinski definition) is 3. The summed E-state index contributed by atoms with van der Waals surface area (Å²) in [7, 11) is 0. The molecule has 4 nitrogen and oxygen atoms in total. The number of alkyl halides is 3. The highest BCUT2D eigenvalue weighted by Gasteiger charge is 2.35. The van der Waals surface area contributed by atoms with Gasteiger partial charge in [-0.15, -0.1) is 0 Å². The van der Waals surface area contributed by atoms with Gasteiger partial charge in [0.25, 0.3) is 5.70 Å². The molecule has 0 aromatic heterocycles. The first-order chi connectivity index (χ1) is 10.6. The van der Waals surface area contributed by atoms with Crippen molar-refractivity contribution in [1.82, 2.24) is 4.90 Å². The van der Waals surface area contributed by atoms with Crippen LogP contribution in [0.3, 0.4) is 0 Å². The smallest absolute Gasteiger partial charge is 0.355 e. The second-order valence-electron chi connectivity index (χ2n) is 5.30. The predicted molar refractivity (Wildman–Crippen MR) is 76.4 cm³/mol. The normalized spacial score (nSPS) is 15.7. The Kier molecular flexibility index (Phi) is 4.44. The Hall–Kier alpha value is -2.38. The Bertz CT molecular complexity index is 708. The van der Waals surface area contributed by atoms with Crippen molar-refractivity contribution in [3.05, 3.63) is 62.7 Å². The van der Waals surface area contributed by atoms with E-state index in [1.165, 1.54) is 26.0 Å². The zero-order valence-corrected chi connectivity index (χ0v) is 12.4. The SMILES string of the molecule is CC1=C(c2cccc(C)c2F)C=C([N+](=O)[O-])CN1CC(F)(F)F. The molecule has 0 aliphatic carbocycles. The maximum Gasteiger partial charge on any atom is 0.405 e. The Labute approximate surface area is 129 Å². The number of halogens is 4. The van der Waals surface area contributed by atoms with Gasteiger partial charge in [0.05, 0.1) is 4.92 Å². The van der Waals surface area contributed by atoms with E-state index in [9.17, 15) is 27.7 Å². The molecule has 1 aromatic carbocycles. The molecular formula is C15H14F4N2O2. The molecule has 1 aromatic rings. The van der Waals surface area contributed by atoms with Crippen LogP contribution in [0.25, 0.3) is 5.57 Å². The van der Waals surface area contributed by atoms with Crippen LogP contribution in [-0.2, 0) is 0 Å². The molecule has 124 valence electrons. The topological polar surface area (TPSA) is 46.4 Å². The van der Waals surface area contributed by atoms with Crippen molar-refractivity contribution < 1.29 is 22.5 Å². The number of nitro groups is 1. The molecule has 1 aliphatic rings. The van der Waals surface area contributed by atoms with Crippen LogP contribution >= 0.6 is 0 Å². The molecule has 0 fully saturated rings. The summed E-state index contributed by atoms with van der Waals surface area (Å²) in [5.41, 5.74) is 0.196. The average Bonchev–Trinajstić information content (AvgIpc) is 2.43. The van der Waals surface area contributed by atoms with Gasteiger partial charge in [-0.05, 0) is 19.4 Å². The van der Waals surface area contributed by atoms with Gasteiger partial charge in [-0.25, -0.2) is 4.39 Å². The fraction of sp³-hybridized carbons (Fsp3) is 0.333. The molecule has 0 atom stereocenters. The number of benzene rings is 1. The summed E-state index contributed by atoms with van der Waals surface area (Å²) < 4.78 is 52.3. The van der Waals surface area contributed by atoms with E-state index in [1.54, 1.807) is 6.07 Å². The van der Waals surface area contributed by atoms with Crippen LogP contribution in [0.2, 0.25) is 0 Å². The number of aryl methyl sites for hydroxylation is 1. The standard InChI is InChI=1S/C15H14F4N2O2/c1-9-4-3-5-12(14(9)16)13-6-11(21(22)23)7-20(10(13)2)8-15(17,18)19/h3-6H,7-8H2,1-2H3. The predicted octanol–water partition coefficient (Wildman–Crippen LogP) is 3.90. The Balaban J connectivity index is 2.57. The van der Waals surface area contributed by atoms with Crippen molar-refractivity contribution >= 4 is 5.57 Å². The quantitative estimate of drug-likeness (QED) is 0.480. The molecule has 0 bridgehead atoms. The summed E-state index contributed by atoms with van der Waals surface area (Å²) in [5, 5.41) is 11.0. The van der Waals surface area contributed by atoms with E-state index in [0.29, 0.717) is 5.56 Å². The number of allylic oxidation sites excluding steroid dienone is 3. The van der Waals surface area contributed by atoms with Gasteiger partial charge < -0.3 is 4.90 Å². The van der Waals surface area contributed by atoms with E-state index < -0.39 is 35.7 Å². The maximum absolute atomic E-state index is 14.3. The van der Waals surface area contributed by atoms with Crippen LogP contribution in [0.5, 0.6) is 0 Å². The Morgan fingerprint density at radius 3 is 2.52 bits per heavy atom. The molecule has 23 heavy (non-hydrogen) atoms. The van der Waals surface area contributed by atoms with Gasteiger partial charge in [0.2, 0.25) is 0 Å². The highest BCUT2D eigenvalue weighted by Crippen LogP contribution is 2.33. The summed E-state index contributed by atoms with van der Waals surface area (Å²) in [5.74, 6) is -0.602. The lowest BCUT2D eigenvalue weighted by molar-refractivity contribution is -0.428. The van der Waals surface area contributed by atoms with E-state index in [4.69, 9.17) is 0 Å². The lowest BCUT2D eigenvalue weighted by Crippen LogP contribution is -2.37. The van der Waals surface area contributed by atoms with E-state index in [1.807, 2.05) is 0 Å². The van der Waals surface area contributed by atoms with Crippen LogP contribution in [0.4, 0.5) is 17.6 Å². The highest BCUT2D eigenvalue weighted by molar-refractivity contribution is 5.78. The van der Waals surface area contributed by atoms with E-state index in [-0.39, 0.29) is 16.8 Å². The minimum Gasteiger partial charge on any atom is -0.355 e. The monoisotopic (exact) mass is 330 g/mol. The minimum atomic E-state index is -4.52. The first-order valence-electron chi connectivity index (χ1n) is 6.73. The van der Waals surface area contributed by atoms with E-state index in [2.05, 4.69) is 0 Å². The Morgan fingerprint density at radius 2 is 1.96 bits per heavy atom. The molecule has 1 heterocycles. The molecule has 0 N–H and O–H groups in total. The third-order valence-corrected chi connectivity index (χ3v) is 3.61. The lowest BCUT2D eigenvalue weighted by Gasteiger charge is -2.30.